The van der Waals surface area contributed by atoms with Crippen LogP contribution < -0.4 is 5.32 Å². The summed E-state index contributed by atoms with van der Waals surface area (Å²) in [6.07, 6.45) is 3.71. The van der Waals surface area contributed by atoms with Crippen molar-refractivity contribution in [2.75, 3.05) is 7.05 Å². The Morgan fingerprint density at radius 3 is 3.07 bits per heavy atom. The van der Waals surface area contributed by atoms with E-state index in [0.717, 1.165) is 12.3 Å². The van der Waals surface area contributed by atoms with Crippen molar-refractivity contribution in [3.8, 4) is 0 Å². The van der Waals surface area contributed by atoms with E-state index < -0.39 is 0 Å². The van der Waals surface area contributed by atoms with Crippen LogP contribution >= 0.6 is 0 Å². The summed E-state index contributed by atoms with van der Waals surface area (Å²) < 4.78 is 7.24. The smallest absolute Gasteiger partial charge is 0.156 e. The Balaban J connectivity index is 2.18. The van der Waals surface area contributed by atoms with Gasteiger partial charge in [-0.15, -0.1) is 0 Å². The summed E-state index contributed by atoms with van der Waals surface area (Å²) in [5.74, 6) is 0.871. The van der Waals surface area contributed by atoms with E-state index in [-0.39, 0.29) is 0 Å². The van der Waals surface area contributed by atoms with Gasteiger partial charge in [-0.2, -0.15) is 0 Å². The average Bonchev–Trinajstić information content (AvgIpc) is 2.88. The molecule has 0 aliphatic carbocycles. The first-order valence-electron chi connectivity index (χ1n) is 5.03. The lowest BCUT2D eigenvalue weighted by Gasteiger charge is -2.13. The fraction of sp³-hybridized carbons (Fsp3) is 0.364. The maximum Gasteiger partial charge on any atom is 0.156 e. The van der Waals surface area contributed by atoms with Crippen LogP contribution in [0.2, 0.25) is 0 Å². The normalized spacial score (nSPS) is 12.9. The molecule has 2 aromatic rings. The van der Waals surface area contributed by atoms with Crippen LogP contribution in [0.1, 0.15) is 24.4 Å². The zero-order valence-corrected chi connectivity index (χ0v) is 8.97. The summed E-state index contributed by atoms with van der Waals surface area (Å²) in [6, 6.07) is 6.37. The fourth-order valence-corrected chi connectivity index (χ4v) is 1.60. The molecule has 0 saturated heterocycles. The van der Waals surface area contributed by atoms with Crippen molar-refractivity contribution >= 4 is 0 Å². The Kier molecular flexibility index (Phi) is 2.87. The van der Waals surface area contributed by atoms with Crippen molar-refractivity contribution in [1.29, 1.82) is 0 Å². The fourth-order valence-electron chi connectivity index (χ4n) is 1.60. The van der Waals surface area contributed by atoms with Crippen LogP contribution in [-0.4, -0.2) is 16.8 Å². The van der Waals surface area contributed by atoms with Crippen molar-refractivity contribution in [2.45, 2.75) is 19.5 Å². The van der Waals surface area contributed by atoms with Crippen LogP contribution in [0.3, 0.4) is 0 Å². The molecule has 2 aromatic heterocycles. The van der Waals surface area contributed by atoms with Crippen LogP contribution in [0.5, 0.6) is 0 Å². The van der Waals surface area contributed by atoms with E-state index >= 15 is 0 Å². The minimum Gasteiger partial charge on any atom is -0.359 e. The SMILES string of the molecule is CNC(C)c1cccn1Cc1ccno1. The molecule has 2 rings (SSSR count). The Hall–Kier alpha value is -1.55. The first-order chi connectivity index (χ1) is 7.31. The van der Waals surface area contributed by atoms with Gasteiger partial charge in [0.15, 0.2) is 5.76 Å². The summed E-state index contributed by atoms with van der Waals surface area (Å²) in [5.41, 5.74) is 1.24. The zero-order chi connectivity index (χ0) is 10.7. The molecule has 0 spiro atoms. The molecular weight excluding hydrogens is 190 g/mol. The van der Waals surface area contributed by atoms with Gasteiger partial charge in [-0.05, 0) is 26.1 Å². The molecule has 0 aliphatic rings. The minimum absolute atomic E-state index is 0.336. The van der Waals surface area contributed by atoms with E-state index in [9.17, 15) is 0 Å². The molecule has 1 atom stereocenters. The summed E-state index contributed by atoms with van der Waals surface area (Å²) >= 11 is 0. The third-order valence-electron chi connectivity index (χ3n) is 2.56. The third kappa shape index (κ3) is 2.10. The van der Waals surface area contributed by atoms with Crippen LogP contribution in [0.15, 0.2) is 35.1 Å². The lowest BCUT2D eigenvalue weighted by molar-refractivity contribution is 0.373. The molecule has 15 heavy (non-hydrogen) atoms. The van der Waals surface area contributed by atoms with Crippen LogP contribution in [-0.2, 0) is 6.54 Å². The summed E-state index contributed by atoms with van der Waals surface area (Å²) in [5, 5.41) is 6.91. The molecule has 4 nitrogen and oxygen atoms in total. The van der Waals surface area contributed by atoms with Gasteiger partial charge in [0.2, 0.25) is 0 Å². The van der Waals surface area contributed by atoms with Crippen molar-refractivity contribution in [3.05, 3.63) is 42.0 Å². The topological polar surface area (TPSA) is 43.0 Å². The second-order valence-electron chi connectivity index (χ2n) is 3.55. The Morgan fingerprint density at radius 1 is 1.53 bits per heavy atom. The van der Waals surface area contributed by atoms with Gasteiger partial charge in [-0.1, -0.05) is 5.16 Å². The molecule has 4 heteroatoms. The first-order valence-corrected chi connectivity index (χ1v) is 5.03. The van der Waals surface area contributed by atoms with E-state index in [2.05, 4.69) is 28.0 Å². The van der Waals surface area contributed by atoms with Gasteiger partial charge in [0.05, 0.1) is 12.7 Å². The molecule has 0 bridgehead atoms. The molecule has 0 radical (unpaired) electrons. The van der Waals surface area contributed by atoms with Gasteiger partial charge < -0.3 is 14.4 Å². The van der Waals surface area contributed by atoms with E-state index in [1.54, 1.807) is 6.20 Å². The van der Waals surface area contributed by atoms with Gasteiger partial charge in [0.25, 0.3) is 0 Å². The molecule has 2 heterocycles. The largest absolute Gasteiger partial charge is 0.359 e. The second kappa shape index (κ2) is 4.31. The number of nitrogens with one attached hydrogen (secondary N) is 1. The van der Waals surface area contributed by atoms with Gasteiger partial charge in [0.1, 0.15) is 0 Å². The lowest BCUT2D eigenvalue weighted by Crippen LogP contribution is -2.16. The molecule has 0 amide bonds. The van der Waals surface area contributed by atoms with E-state index in [1.807, 2.05) is 25.4 Å². The van der Waals surface area contributed by atoms with Crippen LogP contribution in [0, 0.1) is 0 Å². The highest BCUT2D eigenvalue weighted by Crippen LogP contribution is 2.14. The van der Waals surface area contributed by atoms with Gasteiger partial charge in [-0.25, -0.2) is 0 Å². The Bertz CT molecular complexity index is 405. The molecule has 1 unspecified atom stereocenters. The standard InChI is InChI=1S/C11H15N3O/c1-9(12-2)11-4-3-7-14(11)8-10-5-6-13-15-10/h3-7,9,12H,8H2,1-2H3. The van der Waals surface area contributed by atoms with Crippen molar-refractivity contribution < 1.29 is 4.52 Å². The number of rotatable bonds is 4. The third-order valence-corrected chi connectivity index (χ3v) is 2.56. The van der Waals surface area contributed by atoms with E-state index in [4.69, 9.17) is 4.52 Å². The van der Waals surface area contributed by atoms with Crippen LogP contribution in [0.4, 0.5) is 0 Å². The predicted octanol–water partition coefficient (Wildman–Crippen LogP) is 1.80. The quantitative estimate of drug-likeness (QED) is 0.827. The van der Waals surface area contributed by atoms with Crippen molar-refractivity contribution in [2.24, 2.45) is 0 Å². The van der Waals surface area contributed by atoms with Gasteiger partial charge >= 0.3 is 0 Å². The van der Waals surface area contributed by atoms with Crippen molar-refractivity contribution in [3.63, 3.8) is 0 Å². The molecule has 1 N–H and O–H groups in total. The number of hydrogen-bond donors (Lipinski definition) is 1. The van der Waals surface area contributed by atoms with Gasteiger partial charge in [-0.3, -0.25) is 0 Å². The average molecular weight is 205 g/mol. The maximum atomic E-state index is 5.08. The summed E-state index contributed by atoms with van der Waals surface area (Å²) in [4.78, 5) is 0. The Labute approximate surface area is 88.9 Å². The summed E-state index contributed by atoms with van der Waals surface area (Å²) in [7, 11) is 1.95. The van der Waals surface area contributed by atoms with Gasteiger partial charge in [0, 0.05) is 24.0 Å². The molecule has 80 valence electrons. The Morgan fingerprint density at radius 2 is 2.40 bits per heavy atom. The monoisotopic (exact) mass is 205 g/mol. The predicted molar refractivity (Wildman–Crippen MR) is 57.5 cm³/mol. The highest BCUT2D eigenvalue weighted by Gasteiger charge is 2.08. The number of hydrogen-bond acceptors (Lipinski definition) is 3. The van der Waals surface area contributed by atoms with E-state index in [0.29, 0.717) is 6.04 Å². The van der Waals surface area contributed by atoms with Crippen LogP contribution in [0.25, 0.3) is 0 Å². The highest BCUT2D eigenvalue weighted by atomic mass is 16.5. The number of nitrogens with zero attached hydrogens (tertiary/aromatic N) is 2. The molecule has 0 aliphatic heterocycles. The molecule has 0 fully saturated rings. The molecular formula is C11H15N3O. The zero-order valence-electron chi connectivity index (χ0n) is 8.97. The number of aromatic nitrogens is 2. The first kappa shape index (κ1) is 9.98. The maximum absolute atomic E-state index is 5.08. The lowest BCUT2D eigenvalue weighted by atomic mass is 10.2. The summed E-state index contributed by atoms with van der Waals surface area (Å²) in [6.45, 7) is 2.86. The molecule has 0 aromatic carbocycles. The van der Waals surface area contributed by atoms with Crippen molar-refractivity contribution in [1.82, 2.24) is 15.0 Å². The minimum atomic E-state index is 0.336. The highest BCUT2D eigenvalue weighted by molar-refractivity contribution is 5.13. The van der Waals surface area contributed by atoms with E-state index in [1.165, 1.54) is 5.69 Å². The second-order valence-corrected chi connectivity index (χ2v) is 3.55. The molecule has 0 saturated carbocycles.